The number of rotatable bonds is 4. The molecular weight excluding hydrogens is 287 g/mol. The normalized spacial score (nSPS) is 10.5. The van der Waals surface area contributed by atoms with Crippen LogP contribution >= 0.6 is 22.9 Å². The summed E-state index contributed by atoms with van der Waals surface area (Å²) >= 11 is 7.08. The number of aromatic nitrogens is 1. The standard InChI is InChI=1S/C13H12ClFN2OS/c1-17(11-4-2-9(15)3-5-11)13(18)6-12-16-10(7-14)8-19-12/h2-5,8H,6-7H2,1H3. The SMILES string of the molecule is CN(C(=O)Cc1nc(CCl)cs1)c1ccc(F)cc1. The van der Waals surface area contributed by atoms with Crippen LogP contribution in [0.15, 0.2) is 29.6 Å². The van der Waals surface area contributed by atoms with Gasteiger partial charge in [-0.2, -0.15) is 0 Å². The summed E-state index contributed by atoms with van der Waals surface area (Å²) in [5.74, 6) is -0.0725. The van der Waals surface area contributed by atoms with Crippen molar-refractivity contribution < 1.29 is 9.18 Å². The Labute approximate surface area is 119 Å². The number of benzene rings is 1. The quantitative estimate of drug-likeness (QED) is 0.812. The lowest BCUT2D eigenvalue weighted by atomic mass is 10.2. The maximum atomic E-state index is 12.8. The molecule has 0 bridgehead atoms. The first-order chi connectivity index (χ1) is 9.10. The summed E-state index contributed by atoms with van der Waals surface area (Å²) in [5, 5.41) is 2.57. The molecule has 3 nitrogen and oxygen atoms in total. The van der Waals surface area contributed by atoms with Crippen LogP contribution in [0.3, 0.4) is 0 Å². The van der Waals surface area contributed by atoms with Gasteiger partial charge in [0.1, 0.15) is 10.8 Å². The first-order valence-corrected chi connectivity index (χ1v) is 7.03. The molecule has 0 aliphatic rings. The Hall–Kier alpha value is -1.46. The average Bonchev–Trinajstić information content (AvgIpc) is 2.86. The molecule has 2 rings (SSSR count). The van der Waals surface area contributed by atoms with Crippen molar-refractivity contribution in [1.29, 1.82) is 0 Å². The van der Waals surface area contributed by atoms with Crippen LogP contribution < -0.4 is 4.90 Å². The number of thiazole rings is 1. The molecule has 0 aliphatic carbocycles. The number of alkyl halides is 1. The van der Waals surface area contributed by atoms with Gasteiger partial charge >= 0.3 is 0 Å². The van der Waals surface area contributed by atoms with E-state index in [0.717, 1.165) is 10.7 Å². The number of carbonyl (C=O) groups is 1. The highest BCUT2D eigenvalue weighted by Gasteiger charge is 2.14. The van der Waals surface area contributed by atoms with Crippen molar-refractivity contribution in [2.45, 2.75) is 12.3 Å². The van der Waals surface area contributed by atoms with Crippen molar-refractivity contribution in [3.8, 4) is 0 Å². The van der Waals surface area contributed by atoms with Crippen LogP contribution in [0.2, 0.25) is 0 Å². The summed E-state index contributed by atoms with van der Waals surface area (Å²) < 4.78 is 12.8. The van der Waals surface area contributed by atoms with E-state index in [0.29, 0.717) is 11.6 Å². The number of anilines is 1. The lowest BCUT2D eigenvalue weighted by Gasteiger charge is -2.16. The van der Waals surface area contributed by atoms with Crippen molar-refractivity contribution in [1.82, 2.24) is 4.98 Å². The van der Waals surface area contributed by atoms with Crippen LogP contribution in [0.1, 0.15) is 10.7 Å². The van der Waals surface area contributed by atoms with E-state index in [-0.39, 0.29) is 18.1 Å². The molecule has 1 amide bonds. The number of halogens is 2. The zero-order chi connectivity index (χ0) is 13.8. The average molecular weight is 299 g/mol. The van der Waals surface area contributed by atoms with Gasteiger partial charge in [0, 0.05) is 18.1 Å². The van der Waals surface area contributed by atoms with E-state index >= 15 is 0 Å². The van der Waals surface area contributed by atoms with E-state index in [9.17, 15) is 9.18 Å². The summed E-state index contributed by atoms with van der Waals surface area (Å²) in [5.41, 5.74) is 1.43. The molecule has 19 heavy (non-hydrogen) atoms. The zero-order valence-electron chi connectivity index (χ0n) is 10.3. The molecule has 1 aromatic carbocycles. The molecule has 1 aromatic heterocycles. The van der Waals surface area contributed by atoms with Crippen LogP contribution in [0.25, 0.3) is 0 Å². The maximum Gasteiger partial charge on any atom is 0.233 e. The number of carbonyl (C=O) groups excluding carboxylic acids is 1. The number of hydrogen-bond acceptors (Lipinski definition) is 3. The fourth-order valence-corrected chi connectivity index (χ4v) is 2.56. The summed E-state index contributed by atoms with van der Waals surface area (Å²) in [4.78, 5) is 17.8. The second-order valence-corrected chi connectivity index (χ2v) is 5.18. The summed E-state index contributed by atoms with van der Waals surface area (Å²) in [6.07, 6.45) is 0.218. The Morgan fingerprint density at radius 3 is 2.68 bits per heavy atom. The van der Waals surface area contributed by atoms with Gasteiger partial charge in [-0.05, 0) is 24.3 Å². The van der Waals surface area contributed by atoms with E-state index < -0.39 is 0 Å². The van der Waals surface area contributed by atoms with Crippen molar-refractivity contribution in [2.24, 2.45) is 0 Å². The largest absolute Gasteiger partial charge is 0.315 e. The highest BCUT2D eigenvalue weighted by molar-refractivity contribution is 7.09. The molecule has 0 atom stereocenters. The van der Waals surface area contributed by atoms with Gasteiger partial charge in [-0.1, -0.05) is 0 Å². The van der Waals surface area contributed by atoms with Crippen molar-refractivity contribution in [3.05, 3.63) is 46.2 Å². The molecule has 0 aliphatic heterocycles. The smallest absolute Gasteiger partial charge is 0.233 e. The molecule has 0 radical (unpaired) electrons. The van der Waals surface area contributed by atoms with Gasteiger partial charge in [0.15, 0.2) is 0 Å². The number of amides is 1. The molecule has 100 valence electrons. The molecular formula is C13H12ClFN2OS. The highest BCUT2D eigenvalue weighted by Crippen LogP contribution is 2.17. The zero-order valence-corrected chi connectivity index (χ0v) is 11.8. The lowest BCUT2D eigenvalue weighted by Crippen LogP contribution is -2.27. The molecule has 1 heterocycles. The predicted octanol–water partition coefficient (Wildman–Crippen LogP) is 3.23. The van der Waals surface area contributed by atoms with Crippen molar-refractivity contribution in [2.75, 3.05) is 11.9 Å². The fraction of sp³-hybridized carbons (Fsp3) is 0.231. The maximum absolute atomic E-state index is 12.8. The van der Waals surface area contributed by atoms with Crippen LogP contribution in [0, 0.1) is 5.82 Å². The minimum atomic E-state index is -0.323. The third kappa shape index (κ3) is 3.52. The van der Waals surface area contributed by atoms with E-state index in [4.69, 9.17) is 11.6 Å². The molecule has 0 saturated heterocycles. The van der Waals surface area contributed by atoms with Crippen molar-refractivity contribution in [3.63, 3.8) is 0 Å². The molecule has 2 aromatic rings. The van der Waals surface area contributed by atoms with E-state index in [1.54, 1.807) is 19.2 Å². The van der Waals surface area contributed by atoms with Crippen LogP contribution in [-0.2, 0) is 17.1 Å². The fourth-order valence-electron chi connectivity index (χ4n) is 1.55. The molecule has 6 heteroatoms. The summed E-state index contributed by atoms with van der Waals surface area (Å²) in [7, 11) is 1.66. The second kappa shape index (κ2) is 6.12. The Morgan fingerprint density at radius 1 is 1.42 bits per heavy atom. The van der Waals surface area contributed by atoms with Gasteiger partial charge in [-0.3, -0.25) is 4.79 Å². The number of likely N-dealkylation sites (N-methyl/N-ethyl adjacent to an activating group) is 1. The first kappa shape index (κ1) is 14.0. The topological polar surface area (TPSA) is 33.2 Å². The third-order valence-corrected chi connectivity index (χ3v) is 3.80. The van der Waals surface area contributed by atoms with Crippen molar-refractivity contribution >= 4 is 34.5 Å². The van der Waals surface area contributed by atoms with Gasteiger partial charge in [0.05, 0.1) is 18.0 Å². The Balaban J connectivity index is 2.04. The van der Waals surface area contributed by atoms with Crippen LogP contribution in [0.5, 0.6) is 0 Å². The highest BCUT2D eigenvalue weighted by atomic mass is 35.5. The number of nitrogens with zero attached hydrogens (tertiary/aromatic N) is 2. The minimum absolute atomic E-state index is 0.0953. The summed E-state index contributed by atoms with van der Waals surface area (Å²) in [6, 6.07) is 5.79. The lowest BCUT2D eigenvalue weighted by molar-refractivity contribution is -0.117. The van der Waals surface area contributed by atoms with Gasteiger partial charge in [-0.15, -0.1) is 22.9 Å². The van der Waals surface area contributed by atoms with E-state index in [1.807, 2.05) is 5.38 Å². The van der Waals surface area contributed by atoms with E-state index in [2.05, 4.69) is 4.98 Å². The molecule has 0 saturated carbocycles. The van der Waals surface area contributed by atoms with E-state index in [1.165, 1.54) is 28.4 Å². The third-order valence-electron chi connectivity index (χ3n) is 2.63. The number of hydrogen-bond donors (Lipinski definition) is 0. The Kier molecular flexibility index (Phi) is 4.50. The van der Waals surface area contributed by atoms with Crippen LogP contribution in [0.4, 0.5) is 10.1 Å². The first-order valence-electron chi connectivity index (χ1n) is 5.61. The molecule has 0 fully saturated rings. The molecule has 0 unspecified atom stereocenters. The van der Waals surface area contributed by atoms with Gasteiger partial charge in [0.25, 0.3) is 0 Å². The Morgan fingerprint density at radius 2 is 2.11 bits per heavy atom. The summed E-state index contributed by atoms with van der Waals surface area (Å²) in [6.45, 7) is 0. The predicted molar refractivity (Wildman–Crippen MR) is 75.2 cm³/mol. The van der Waals surface area contributed by atoms with Gasteiger partial charge in [0.2, 0.25) is 5.91 Å². The van der Waals surface area contributed by atoms with Crippen LogP contribution in [-0.4, -0.2) is 17.9 Å². The second-order valence-electron chi connectivity index (χ2n) is 3.97. The monoisotopic (exact) mass is 298 g/mol. The molecule has 0 spiro atoms. The van der Waals surface area contributed by atoms with Gasteiger partial charge < -0.3 is 4.90 Å². The van der Waals surface area contributed by atoms with Gasteiger partial charge in [-0.25, -0.2) is 9.37 Å². The minimum Gasteiger partial charge on any atom is -0.315 e. The Bertz CT molecular complexity index is 570. The molecule has 0 N–H and O–H groups in total.